The summed E-state index contributed by atoms with van der Waals surface area (Å²) in [4.78, 5) is 4.22. The molecule has 1 unspecified atom stereocenters. The van der Waals surface area contributed by atoms with Crippen LogP contribution in [-0.4, -0.2) is 11.0 Å². The molecule has 15 heavy (non-hydrogen) atoms. The predicted molar refractivity (Wildman–Crippen MR) is 60.1 cm³/mol. The van der Waals surface area contributed by atoms with Gasteiger partial charge in [-0.1, -0.05) is 13.0 Å². The molecule has 1 rings (SSSR count). The van der Waals surface area contributed by atoms with Gasteiger partial charge >= 0.3 is 0 Å². The second kappa shape index (κ2) is 6.15. The molecule has 0 aromatic carbocycles. The van der Waals surface area contributed by atoms with E-state index >= 15 is 0 Å². The number of nitrogens with one attached hydrogen (secondary N) is 1. The van der Waals surface area contributed by atoms with Gasteiger partial charge in [0.25, 0.3) is 0 Å². The summed E-state index contributed by atoms with van der Waals surface area (Å²) in [5.41, 5.74) is 2.26. The molecule has 0 saturated heterocycles. The third-order valence-corrected chi connectivity index (χ3v) is 2.53. The SMILES string of the molecule is CCC(CC#N)NCc1cccnc1C. The molecule has 1 aromatic heterocycles. The summed E-state index contributed by atoms with van der Waals surface area (Å²) in [5, 5.41) is 12.0. The van der Waals surface area contributed by atoms with Crippen molar-refractivity contribution in [2.45, 2.75) is 39.3 Å². The van der Waals surface area contributed by atoms with Gasteiger partial charge in [-0.2, -0.15) is 5.26 Å². The van der Waals surface area contributed by atoms with Crippen LogP contribution in [0, 0.1) is 18.3 Å². The summed E-state index contributed by atoms with van der Waals surface area (Å²) in [7, 11) is 0. The summed E-state index contributed by atoms with van der Waals surface area (Å²) in [5.74, 6) is 0. The normalized spacial score (nSPS) is 12.1. The van der Waals surface area contributed by atoms with E-state index in [1.807, 2.05) is 13.0 Å². The Kier molecular flexibility index (Phi) is 4.79. The number of pyridine rings is 1. The van der Waals surface area contributed by atoms with Crippen LogP contribution in [0.2, 0.25) is 0 Å². The Morgan fingerprint density at radius 1 is 1.60 bits per heavy atom. The third-order valence-electron chi connectivity index (χ3n) is 2.53. The first-order valence-corrected chi connectivity index (χ1v) is 5.28. The van der Waals surface area contributed by atoms with E-state index in [1.165, 1.54) is 5.56 Å². The van der Waals surface area contributed by atoms with Crippen molar-refractivity contribution in [2.24, 2.45) is 0 Å². The number of rotatable bonds is 5. The lowest BCUT2D eigenvalue weighted by molar-refractivity contribution is 0.503. The quantitative estimate of drug-likeness (QED) is 0.797. The van der Waals surface area contributed by atoms with Crippen LogP contribution in [0.1, 0.15) is 31.0 Å². The lowest BCUT2D eigenvalue weighted by atomic mass is 10.1. The maximum atomic E-state index is 8.62. The molecule has 0 bridgehead atoms. The van der Waals surface area contributed by atoms with Gasteiger partial charge in [0.15, 0.2) is 0 Å². The summed E-state index contributed by atoms with van der Waals surface area (Å²) in [6.07, 6.45) is 3.34. The zero-order valence-corrected chi connectivity index (χ0v) is 9.33. The van der Waals surface area contributed by atoms with Gasteiger partial charge in [-0.05, 0) is 25.0 Å². The number of aryl methyl sites for hydroxylation is 1. The maximum absolute atomic E-state index is 8.62. The highest BCUT2D eigenvalue weighted by atomic mass is 14.9. The van der Waals surface area contributed by atoms with Crippen molar-refractivity contribution >= 4 is 0 Å². The first-order valence-electron chi connectivity index (χ1n) is 5.28. The van der Waals surface area contributed by atoms with Gasteiger partial charge < -0.3 is 5.32 Å². The van der Waals surface area contributed by atoms with Gasteiger partial charge in [-0.25, -0.2) is 0 Å². The minimum absolute atomic E-state index is 0.287. The van der Waals surface area contributed by atoms with Crippen LogP contribution in [-0.2, 0) is 6.54 Å². The summed E-state index contributed by atoms with van der Waals surface area (Å²) in [6, 6.07) is 6.48. The number of hydrogen-bond acceptors (Lipinski definition) is 3. The Balaban J connectivity index is 2.49. The van der Waals surface area contributed by atoms with E-state index in [0.717, 1.165) is 18.7 Å². The number of hydrogen-bond donors (Lipinski definition) is 1. The average Bonchev–Trinajstić information content (AvgIpc) is 2.26. The highest BCUT2D eigenvalue weighted by Gasteiger charge is 2.05. The highest BCUT2D eigenvalue weighted by molar-refractivity contribution is 5.17. The minimum atomic E-state index is 0.287. The van der Waals surface area contributed by atoms with E-state index in [9.17, 15) is 0 Å². The standard InChI is InChI=1S/C12H17N3/c1-3-12(6-7-13)15-9-11-5-4-8-14-10(11)2/h4-5,8,12,15H,3,6,9H2,1-2H3. The summed E-state index contributed by atoms with van der Waals surface area (Å²) >= 11 is 0. The Morgan fingerprint density at radius 2 is 2.40 bits per heavy atom. The van der Waals surface area contributed by atoms with Crippen LogP contribution in [0.5, 0.6) is 0 Å². The molecule has 0 amide bonds. The Hall–Kier alpha value is -1.40. The molecule has 80 valence electrons. The van der Waals surface area contributed by atoms with Gasteiger partial charge in [0, 0.05) is 24.5 Å². The third kappa shape index (κ3) is 3.69. The molecule has 1 aromatic rings. The van der Waals surface area contributed by atoms with E-state index in [-0.39, 0.29) is 6.04 Å². The second-order valence-corrected chi connectivity index (χ2v) is 3.60. The number of nitrogens with zero attached hydrogens (tertiary/aromatic N) is 2. The second-order valence-electron chi connectivity index (χ2n) is 3.60. The lowest BCUT2D eigenvalue weighted by Crippen LogP contribution is -2.27. The first-order chi connectivity index (χ1) is 7.27. The van der Waals surface area contributed by atoms with Crippen molar-refractivity contribution in [1.29, 1.82) is 5.26 Å². The minimum Gasteiger partial charge on any atom is -0.309 e. The lowest BCUT2D eigenvalue weighted by Gasteiger charge is -2.14. The predicted octanol–water partition coefficient (Wildman–Crippen LogP) is 2.17. The van der Waals surface area contributed by atoms with Crippen molar-refractivity contribution in [3.8, 4) is 6.07 Å². The van der Waals surface area contributed by atoms with Crippen LogP contribution in [0.25, 0.3) is 0 Å². The molecule has 0 spiro atoms. The molecule has 0 fully saturated rings. The fourth-order valence-electron chi connectivity index (χ4n) is 1.43. The number of aromatic nitrogens is 1. The van der Waals surface area contributed by atoms with Crippen molar-refractivity contribution in [3.63, 3.8) is 0 Å². The van der Waals surface area contributed by atoms with E-state index in [1.54, 1.807) is 6.20 Å². The molecule has 0 aliphatic rings. The molecule has 1 heterocycles. The molecule has 0 radical (unpaired) electrons. The molecular weight excluding hydrogens is 186 g/mol. The fourth-order valence-corrected chi connectivity index (χ4v) is 1.43. The van der Waals surface area contributed by atoms with Gasteiger partial charge in [0.05, 0.1) is 12.5 Å². The van der Waals surface area contributed by atoms with Gasteiger partial charge in [0.1, 0.15) is 0 Å². The summed E-state index contributed by atoms with van der Waals surface area (Å²) in [6.45, 7) is 4.88. The van der Waals surface area contributed by atoms with Crippen LogP contribution in [0.15, 0.2) is 18.3 Å². The zero-order chi connectivity index (χ0) is 11.1. The van der Waals surface area contributed by atoms with Gasteiger partial charge in [0.2, 0.25) is 0 Å². The van der Waals surface area contributed by atoms with Crippen molar-refractivity contribution in [3.05, 3.63) is 29.6 Å². The maximum Gasteiger partial charge on any atom is 0.0638 e. The molecule has 0 aliphatic heterocycles. The molecular formula is C12H17N3. The molecule has 0 aliphatic carbocycles. The Labute approximate surface area is 91.1 Å². The van der Waals surface area contributed by atoms with Gasteiger partial charge in [-0.15, -0.1) is 0 Å². The Bertz CT molecular complexity index is 341. The smallest absolute Gasteiger partial charge is 0.0638 e. The molecule has 1 N–H and O–H groups in total. The summed E-state index contributed by atoms with van der Waals surface area (Å²) < 4.78 is 0. The molecule has 3 heteroatoms. The topological polar surface area (TPSA) is 48.7 Å². The van der Waals surface area contributed by atoms with E-state index < -0.39 is 0 Å². The average molecular weight is 203 g/mol. The molecule has 1 atom stereocenters. The van der Waals surface area contributed by atoms with Crippen molar-refractivity contribution in [1.82, 2.24) is 10.3 Å². The van der Waals surface area contributed by atoms with E-state index in [0.29, 0.717) is 6.42 Å². The molecule has 3 nitrogen and oxygen atoms in total. The van der Waals surface area contributed by atoms with Crippen molar-refractivity contribution < 1.29 is 0 Å². The van der Waals surface area contributed by atoms with Crippen molar-refractivity contribution in [2.75, 3.05) is 0 Å². The van der Waals surface area contributed by atoms with Crippen LogP contribution in [0.3, 0.4) is 0 Å². The Morgan fingerprint density at radius 3 is 3.00 bits per heavy atom. The van der Waals surface area contributed by atoms with Gasteiger partial charge in [-0.3, -0.25) is 4.98 Å². The van der Waals surface area contributed by atoms with E-state index in [4.69, 9.17) is 5.26 Å². The first kappa shape index (κ1) is 11.7. The van der Waals surface area contributed by atoms with Crippen LogP contribution >= 0.6 is 0 Å². The van der Waals surface area contributed by atoms with Crippen LogP contribution in [0.4, 0.5) is 0 Å². The number of nitriles is 1. The van der Waals surface area contributed by atoms with Crippen LogP contribution < -0.4 is 5.32 Å². The monoisotopic (exact) mass is 203 g/mol. The fraction of sp³-hybridized carbons (Fsp3) is 0.500. The molecule has 0 saturated carbocycles. The highest BCUT2D eigenvalue weighted by Crippen LogP contribution is 2.05. The largest absolute Gasteiger partial charge is 0.309 e. The van der Waals surface area contributed by atoms with E-state index in [2.05, 4.69) is 29.4 Å². The zero-order valence-electron chi connectivity index (χ0n) is 9.33.